The minimum absolute atomic E-state index is 0.0759. The highest BCUT2D eigenvalue weighted by Gasteiger charge is 2.32. The maximum atomic E-state index is 13.8. The minimum Gasteiger partial charge on any atom is -0.480 e. The number of aromatic amines is 2. The van der Waals surface area contributed by atoms with Gasteiger partial charge in [-0.3, -0.25) is 9.59 Å². The van der Waals surface area contributed by atoms with Crippen molar-refractivity contribution in [3.05, 3.63) is 101 Å². The van der Waals surface area contributed by atoms with Gasteiger partial charge in [0.1, 0.15) is 12.1 Å². The van der Waals surface area contributed by atoms with E-state index in [1.165, 1.54) is 4.90 Å². The van der Waals surface area contributed by atoms with Crippen LogP contribution in [0.3, 0.4) is 0 Å². The van der Waals surface area contributed by atoms with Gasteiger partial charge in [-0.05, 0) is 53.6 Å². The monoisotopic (exact) mass is 565 g/mol. The summed E-state index contributed by atoms with van der Waals surface area (Å²) in [5.41, 5.74) is 5.49. The lowest BCUT2D eigenvalue weighted by Crippen LogP contribution is -2.53. The average Bonchev–Trinajstić information content (AvgIpc) is 3.65. The number of fused-ring (bicyclic) bond motifs is 1. The summed E-state index contributed by atoms with van der Waals surface area (Å²) in [6.07, 6.45) is 1.99. The van der Waals surface area contributed by atoms with Gasteiger partial charge in [0.15, 0.2) is 5.82 Å². The molecular weight excluding hydrogens is 534 g/mol. The normalized spacial score (nSPS) is 12.5. The Bertz CT molecular complexity index is 1710. The highest BCUT2D eigenvalue weighted by molar-refractivity contribution is 5.98. The summed E-state index contributed by atoms with van der Waals surface area (Å²) in [7, 11) is 1.56. The molecule has 214 valence electrons. The molecule has 2 heterocycles. The van der Waals surface area contributed by atoms with E-state index < -0.39 is 24.0 Å². The van der Waals surface area contributed by atoms with Crippen molar-refractivity contribution in [2.24, 2.45) is 0 Å². The molecule has 0 unspecified atom stereocenters. The molecule has 0 bridgehead atoms. The molecule has 11 nitrogen and oxygen atoms in total. The number of H-pyrrole nitrogens is 2. The molecule has 2 atom stereocenters. The van der Waals surface area contributed by atoms with E-state index in [1.54, 1.807) is 25.4 Å². The third kappa shape index (κ3) is 6.20. The quantitative estimate of drug-likeness (QED) is 0.202. The van der Waals surface area contributed by atoms with E-state index in [2.05, 4.69) is 30.9 Å². The van der Waals surface area contributed by atoms with Crippen molar-refractivity contribution in [1.82, 2.24) is 35.8 Å². The van der Waals surface area contributed by atoms with Gasteiger partial charge >= 0.3 is 5.97 Å². The van der Waals surface area contributed by atoms with Gasteiger partial charge in [-0.2, -0.15) is 0 Å². The molecule has 0 aliphatic heterocycles. The molecule has 42 heavy (non-hydrogen) atoms. The molecule has 5 rings (SSSR count). The number of para-hydroxylation sites is 1. The Kier molecular flexibility index (Phi) is 8.09. The Balaban J connectivity index is 1.42. The maximum absolute atomic E-state index is 13.8. The topological polar surface area (TPSA) is 157 Å². The van der Waals surface area contributed by atoms with Crippen molar-refractivity contribution in [3.63, 3.8) is 0 Å². The number of carboxylic acids is 1. The Morgan fingerprint density at radius 2 is 1.69 bits per heavy atom. The van der Waals surface area contributed by atoms with E-state index in [4.69, 9.17) is 0 Å². The first kappa shape index (κ1) is 28.2. The number of likely N-dealkylation sites (N-methyl/N-ethyl adjacent to an activating group) is 1. The molecule has 0 aliphatic carbocycles. The van der Waals surface area contributed by atoms with E-state index in [1.807, 2.05) is 68.4 Å². The van der Waals surface area contributed by atoms with E-state index in [0.29, 0.717) is 11.4 Å². The summed E-state index contributed by atoms with van der Waals surface area (Å²) >= 11 is 0. The number of carboxylic acid groups (broad SMARTS) is 1. The summed E-state index contributed by atoms with van der Waals surface area (Å²) in [5, 5.41) is 27.4. The van der Waals surface area contributed by atoms with Crippen molar-refractivity contribution in [3.8, 4) is 11.4 Å². The Morgan fingerprint density at radius 3 is 2.36 bits per heavy atom. The molecule has 11 heteroatoms. The summed E-state index contributed by atoms with van der Waals surface area (Å²) in [6.45, 7) is 3.81. The second-order valence-corrected chi connectivity index (χ2v) is 10.4. The number of aliphatic carboxylic acids is 1. The highest BCUT2D eigenvalue weighted by Crippen LogP contribution is 2.21. The van der Waals surface area contributed by atoms with Gasteiger partial charge in [0.25, 0.3) is 5.91 Å². The zero-order valence-electron chi connectivity index (χ0n) is 23.5. The summed E-state index contributed by atoms with van der Waals surface area (Å²) < 4.78 is 0. The van der Waals surface area contributed by atoms with Crippen LogP contribution < -0.4 is 5.32 Å². The molecule has 0 radical (unpaired) electrons. The van der Waals surface area contributed by atoms with Crippen molar-refractivity contribution < 1.29 is 19.5 Å². The van der Waals surface area contributed by atoms with Crippen molar-refractivity contribution in [2.45, 2.75) is 38.8 Å². The van der Waals surface area contributed by atoms with E-state index in [9.17, 15) is 19.5 Å². The number of tetrazole rings is 1. The Labute approximate surface area is 242 Å². The van der Waals surface area contributed by atoms with E-state index >= 15 is 0 Å². The molecule has 0 spiro atoms. The molecule has 0 saturated carbocycles. The number of benzene rings is 3. The molecule has 2 aromatic heterocycles. The van der Waals surface area contributed by atoms with Gasteiger partial charge in [0.05, 0.1) is 0 Å². The van der Waals surface area contributed by atoms with Gasteiger partial charge in [-0.1, -0.05) is 59.7 Å². The van der Waals surface area contributed by atoms with Crippen LogP contribution in [0.1, 0.15) is 32.6 Å². The molecule has 0 aliphatic rings. The zero-order chi connectivity index (χ0) is 29.8. The Morgan fingerprint density at radius 1 is 0.976 bits per heavy atom. The third-order valence-electron chi connectivity index (χ3n) is 7.27. The maximum Gasteiger partial charge on any atom is 0.326 e. The number of hydrogen-bond acceptors (Lipinski definition) is 6. The Hall–Kier alpha value is -5.32. The molecule has 3 aromatic carbocycles. The first-order valence-electron chi connectivity index (χ1n) is 13.5. The number of rotatable bonds is 10. The van der Waals surface area contributed by atoms with E-state index in [-0.39, 0.29) is 18.7 Å². The number of hydrogen-bond donors (Lipinski definition) is 4. The molecular formula is C31H31N7O4. The number of nitrogens with one attached hydrogen (secondary N) is 3. The number of nitrogens with zero attached hydrogens (tertiary/aromatic N) is 4. The van der Waals surface area contributed by atoms with Crippen LogP contribution >= 0.6 is 0 Å². The SMILES string of the molecule is Cc1cc(C)cc(C(=O)N(C)[C@@H](Cc2ccc(-c3nnn[nH]3)cc2)C(=O)N[C@@H](Cc2c[nH]c3ccccc23)C(=O)O)c1. The summed E-state index contributed by atoms with van der Waals surface area (Å²) in [4.78, 5) is 44.3. The van der Waals surface area contributed by atoms with Gasteiger partial charge < -0.3 is 20.3 Å². The van der Waals surface area contributed by atoms with E-state index in [0.717, 1.165) is 38.7 Å². The number of carbonyl (C=O) groups excluding carboxylic acids is 2. The fourth-order valence-electron chi connectivity index (χ4n) is 5.14. The minimum atomic E-state index is -1.20. The highest BCUT2D eigenvalue weighted by atomic mass is 16.4. The van der Waals surface area contributed by atoms with Crippen LogP contribution in [0.15, 0.2) is 72.9 Å². The fraction of sp³-hybridized carbons (Fsp3) is 0.226. The predicted octanol–water partition coefficient (Wildman–Crippen LogP) is 3.46. The van der Waals surface area contributed by atoms with Crippen molar-refractivity contribution in [1.29, 1.82) is 0 Å². The average molecular weight is 566 g/mol. The largest absolute Gasteiger partial charge is 0.480 e. The lowest BCUT2D eigenvalue weighted by molar-refractivity contribution is -0.142. The molecule has 0 saturated heterocycles. The van der Waals surface area contributed by atoms with Crippen LogP contribution in [0.5, 0.6) is 0 Å². The van der Waals surface area contributed by atoms with Crippen LogP contribution in [-0.2, 0) is 22.4 Å². The second-order valence-electron chi connectivity index (χ2n) is 10.4. The molecule has 0 fully saturated rings. The first-order chi connectivity index (χ1) is 20.2. The standard InChI is InChI=1S/C31H31N7O4/c1-18-12-19(2)14-22(13-18)30(40)38(3)27(15-20-8-10-21(11-9-20)28-34-36-37-35-28)29(39)33-26(31(41)42)16-23-17-32-25-7-5-4-6-24(23)25/h4-14,17,26-27,32H,15-16H2,1-3H3,(H,33,39)(H,41,42)(H,34,35,36,37)/t26-,27-/m0/s1. The lowest BCUT2D eigenvalue weighted by Gasteiger charge is -2.29. The summed E-state index contributed by atoms with van der Waals surface area (Å²) in [6, 6.07) is 18.2. The third-order valence-corrected chi connectivity index (χ3v) is 7.27. The van der Waals surface area contributed by atoms with Crippen LogP contribution in [0, 0.1) is 13.8 Å². The molecule has 2 amide bonds. The molecule has 5 aromatic rings. The van der Waals surface area contributed by atoms with Crippen molar-refractivity contribution >= 4 is 28.7 Å². The summed E-state index contributed by atoms with van der Waals surface area (Å²) in [5.74, 6) is -1.57. The zero-order valence-corrected chi connectivity index (χ0v) is 23.5. The fourth-order valence-corrected chi connectivity index (χ4v) is 5.14. The molecule has 4 N–H and O–H groups in total. The van der Waals surface area contributed by atoms with Crippen molar-refractivity contribution in [2.75, 3.05) is 7.05 Å². The number of aryl methyl sites for hydroxylation is 2. The second kappa shape index (κ2) is 12.0. The van der Waals surface area contributed by atoms with Gasteiger partial charge in [0.2, 0.25) is 5.91 Å². The van der Waals surface area contributed by atoms with Gasteiger partial charge in [0, 0.05) is 48.1 Å². The predicted molar refractivity (Wildman–Crippen MR) is 157 cm³/mol. The van der Waals surface area contributed by atoms with Crippen LogP contribution in [0.2, 0.25) is 0 Å². The number of aromatic nitrogens is 5. The lowest BCUT2D eigenvalue weighted by atomic mass is 9.99. The first-order valence-corrected chi connectivity index (χ1v) is 13.5. The van der Waals surface area contributed by atoms with Crippen LogP contribution in [0.4, 0.5) is 0 Å². The van der Waals surface area contributed by atoms with Crippen LogP contribution in [0.25, 0.3) is 22.3 Å². The van der Waals surface area contributed by atoms with Crippen LogP contribution in [-0.4, -0.2) is 72.5 Å². The van der Waals surface area contributed by atoms with Gasteiger partial charge in [-0.15, -0.1) is 5.10 Å². The number of amides is 2. The number of carbonyl (C=O) groups is 3. The van der Waals surface area contributed by atoms with Gasteiger partial charge in [-0.25, -0.2) is 9.89 Å². The smallest absolute Gasteiger partial charge is 0.326 e.